The van der Waals surface area contributed by atoms with Gasteiger partial charge in [0.1, 0.15) is 18.1 Å². The monoisotopic (exact) mass is 381 g/mol. The number of nitrogens with one attached hydrogen (secondary N) is 1. The van der Waals surface area contributed by atoms with Crippen molar-refractivity contribution < 1.29 is 9.47 Å². The van der Waals surface area contributed by atoms with Gasteiger partial charge in [-0.1, -0.05) is 48.0 Å². The summed E-state index contributed by atoms with van der Waals surface area (Å²) in [7, 11) is 1.69. The van der Waals surface area contributed by atoms with Crippen LogP contribution < -0.4 is 14.8 Å². The Morgan fingerprint density at radius 3 is 2.00 bits per heavy atom. The minimum atomic E-state index is 0.538. The van der Waals surface area contributed by atoms with Gasteiger partial charge in [-0.25, -0.2) is 0 Å². The van der Waals surface area contributed by atoms with E-state index in [2.05, 4.69) is 29.6 Å². The number of benzene rings is 3. The van der Waals surface area contributed by atoms with Crippen molar-refractivity contribution in [2.45, 2.75) is 19.6 Å². The zero-order valence-electron chi connectivity index (χ0n) is 15.5. The average Bonchev–Trinajstić information content (AvgIpc) is 2.72. The molecule has 1 N–H and O–H groups in total. The van der Waals surface area contributed by atoms with Crippen LogP contribution in [0.1, 0.15) is 16.7 Å². The number of rotatable bonds is 9. The topological polar surface area (TPSA) is 30.5 Å². The third-order valence-electron chi connectivity index (χ3n) is 4.32. The van der Waals surface area contributed by atoms with E-state index in [1.165, 1.54) is 11.1 Å². The molecule has 0 saturated carbocycles. The van der Waals surface area contributed by atoms with Crippen LogP contribution in [0.3, 0.4) is 0 Å². The van der Waals surface area contributed by atoms with Gasteiger partial charge < -0.3 is 14.8 Å². The lowest BCUT2D eigenvalue weighted by atomic mass is 10.1. The summed E-state index contributed by atoms with van der Waals surface area (Å²) in [4.78, 5) is 0. The molecule has 0 aliphatic carbocycles. The standard InChI is InChI=1S/C23H24ClNO2/c1-26-22-10-4-18(5-11-22)14-15-25-16-19-6-12-23(13-7-19)27-17-20-2-8-21(24)9-3-20/h2-13,25H,14-17H2,1H3. The summed E-state index contributed by atoms with van der Waals surface area (Å²) in [5.41, 5.74) is 3.64. The molecule has 0 unspecified atom stereocenters. The molecule has 3 nitrogen and oxygen atoms in total. The van der Waals surface area contributed by atoms with Crippen LogP contribution in [-0.2, 0) is 19.6 Å². The van der Waals surface area contributed by atoms with E-state index in [0.717, 1.165) is 41.6 Å². The summed E-state index contributed by atoms with van der Waals surface area (Å²) in [5.74, 6) is 1.76. The number of hydrogen-bond donors (Lipinski definition) is 1. The van der Waals surface area contributed by atoms with Crippen molar-refractivity contribution in [2.24, 2.45) is 0 Å². The molecule has 27 heavy (non-hydrogen) atoms. The fourth-order valence-corrected chi connectivity index (χ4v) is 2.83. The van der Waals surface area contributed by atoms with Gasteiger partial charge in [0.2, 0.25) is 0 Å². The van der Waals surface area contributed by atoms with Crippen molar-refractivity contribution in [1.82, 2.24) is 5.32 Å². The molecule has 0 saturated heterocycles. The van der Waals surface area contributed by atoms with E-state index >= 15 is 0 Å². The molecule has 0 bridgehead atoms. The van der Waals surface area contributed by atoms with Gasteiger partial charge in [0.15, 0.2) is 0 Å². The van der Waals surface area contributed by atoms with E-state index < -0.39 is 0 Å². The van der Waals surface area contributed by atoms with Gasteiger partial charge >= 0.3 is 0 Å². The van der Waals surface area contributed by atoms with Crippen LogP contribution in [0.4, 0.5) is 0 Å². The fourth-order valence-electron chi connectivity index (χ4n) is 2.71. The third-order valence-corrected chi connectivity index (χ3v) is 4.57. The molecule has 0 atom stereocenters. The molecule has 3 aromatic rings. The largest absolute Gasteiger partial charge is 0.497 e. The highest BCUT2D eigenvalue weighted by atomic mass is 35.5. The maximum atomic E-state index is 5.89. The summed E-state index contributed by atoms with van der Waals surface area (Å²) < 4.78 is 11.0. The molecule has 0 aliphatic rings. The van der Waals surface area contributed by atoms with Crippen molar-refractivity contribution >= 4 is 11.6 Å². The molecule has 0 aromatic heterocycles. The average molecular weight is 382 g/mol. The lowest BCUT2D eigenvalue weighted by molar-refractivity contribution is 0.306. The molecule has 3 aromatic carbocycles. The summed E-state index contributed by atoms with van der Waals surface area (Å²) >= 11 is 5.89. The van der Waals surface area contributed by atoms with Gasteiger partial charge in [-0.15, -0.1) is 0 Å². The molecule has 4 heteroatoms. The van der Waals surface area contributed by atoms with Gasteiger partial charge in [0.25, 0.3) is 0 Å². The first-order valence-corrected chi connectivity index (χ1v) is 9.40. The summed E-state index contributed by atoms with van der Waals surface area (Å²) in [6.45, 7) is 2.31. The lowest BCUT2D eigenvalue weighted by Crippen LogP contribution is -2.16. The van der Waals surface area contributed by atoms with Gasteiger partial charge in [-0.2, -0.15) is 0 Å². The second-order valence-corrected chi connectivity index (χ2v) is 6.77. The second kappa shape index (κ2) is 10.0. The van der Waals surface area contributed by atoms with Gasteiger partial charge in [0, 0.05) is 11.6 Å². The summed E-state index contributed by atoms with van der Waals surface area (Å²) in [5, 5.41) is 4.22. The van der Waals surface area contributed by atoms with E-state index in [1.54, 1.807) is 7.11 Å². The van der Waals surface area contributed by atoms with Crippen LogP contribution in [0.5, 0.6) is 11.5 Å². The molecular weight excluding hydrogens is 358 g/mol. The van der Waals surface area contributed by atoms with Crippen molar-refractivity contribution in [3.8, 4) is 11.5 Å². The third kappa shape index (κ3) is 6.31. The van der Waals surface area contributed by atoms with Crippen LogP contribution in [-0.4, -0.2) is 13.7 Å². The molecular formula is C23H24ClNO2. The Bertz CT molecular complexity index is 815. The minimum absolute atomic E-state index is 0.538. The van der Waals surface area contributed by atoms with Crippen LogP contribution in [0.2, 0.25) is 5.02 Å². The fraction of sp³-hybridized carbons (Fsp3) is 0.217. The highest BCUT2D eigenvalue weighted by molar-refractivity contribution is 6.30. The van der Waals surface area contributed by atoms with Crippen LogP contribution in [0.25, 0.3) is 0 Å². The van der Waals surface area contributed by atoms with E-state index in [0.29, 0.717) is 6.61 Å². The minimum Gasteiger partial charge on any atom is -0.497 e. The summed E-state index contributed by atoms with van der Waals surface area (Å²) in [6, 6.07) is 24.1. The SMILES string of the molecule is COc1ccc(CCNCc2ccc(OCc3ccc(Cl)cc3)cc2)cc1. The maximum absolute atomic E-state index is 5.89. The van der Waals surface area contributed by atoms with Crippen LogP contribution in [0, 0.1) is 0 Å². The van der Waals surface area contributed by atoms with E-state index in [-0.39, 0.29) is 0 Å². The van der Waals surface area contributed by atoms with E-state index in [1.807, 2.05) is 48.5 Å². The van der Waals surface area contributed by atoms with Crippen molar-refractivity contribution in [3.63, 3.8) is 0 Å². The van der Waals surface area contributed by atoms with Gasteiger partial charge in [-0.05, 0) is 66.1 Å². The Hall–Kier alpha value is -2.49. The Morgan fingerprint density at radius 1 is 0.741 bits per heavy atom. The first kappa shape index (κ1) is 19.3. The lowest BCUT2D eigenvalue weighted by Gasteiger charge is -2.09. The highest BCUT2D eigenvalue weighted by Crippen LogP contribution is 2.16. The predicted octanol–water partition coefficient (Wildman–Crippen LogP) is 5.26. The van der Waals surface area contributed by atoms with Crippen LogP contribution >= 0.6 is 11.6 Å². The van der Waals surface area contributed by atoms with Gasteiger partial charge in [0.05, 0.1) is 7.11 Å². The molecule has 0 aliphatic heterocycles. The predicted molar refractivity (Wildman–Crippen MR) is 111 cm³/mol. The first-order valence-electron chi connectivity index (χ1n) is 9.03. The highest BCUT2D eigenvalue weighted by Gasteiger charge is 1.99. The quantitative estimate of drug-likeness (QED) is 0.513. The van der Waals surface area contributed by atoms with Crippen molar-refractivity contribution in [3.05, 3.63) is 94.5 Å². The zero-order valence-corrected chi connectivity index (χ0v) is 16.2. The Labute approximate surface area is 165 Å². The molecule has 0 heterocycles. The zero-order chi connectivity index (χ0) is 18.9. The number of ether oxygens (including phenoxy) is 2. The Morgan fingerprint density at radius 2 is 1.33 bits per heavy atom. The summed E-state index contributed by atoms with van der Waals surface area (Å²) in [6.07, 6.45) is 0.992. The Balaban J connectivity index is 1.38. The number of methoxy groups -OCH3 is 1. The molecule has 0 amide bonds. The number of halogens is 1. The molecule has 0 spiro atoms. The molecule has 3 rings (SSSR count). The molecule has 140 valence electrons. The van der Waals surface area contributed by atoms with Crippen molar-refractivity contribution in [1.29, 1.82) is 0 Å². The van der Waals surface area contributed by atoms with E-state index in [9.17, 15) is 0 Å². The first-order chi connectivity index (χ1) is 13.2. The number of hydrogen-bond acceptors (Lipinski definition) is 3. The maximum Gasteiger partial charge on any atom is 0.119 e. The second-order valence-electron chi connectivity index (χ2n) is 6.33. The smallest absolute Gasteiger partial charge is 0.119 e. The Kier molecular flexibility index (Phi) is 7.14. The van der Waals surface area contributed by atoms with E-state index in [4.69, 9.17) is 21.1 Å². The van der Waals surface area contributed by atoms with Gasteiger partial charge in [-0.3, -0.25) is 0 Å². The molecule has 0 radical (unpaired) electrons. The molecule has 0 fully saturated rings. The van der Waals surface area contributed by atoms with Crippen LogP contribution in [0.15, 0.2) is 72.8 Å². The normalized spacial score (nSPS) is 10.6. The van der Waals surface area contributed by atoms with Crippen molar-refractivity contribution in [2.75, 3.05) is 13.7 Å².